The van der Waals surface area contributed by atoms with Gasteiger partial charge in [-0.15, -0.1) is 0 Å². The van der Waals surface area contributed by atoms with E-state index in [4.69, 9.17) is 16.7 Å². The van der Waals surface area contributed by atoms with Crippen LogP contribution in [0.5, 0.6) is 0 Å². The lowest BCUT2D eigenvalue weighted by molar-refractivity contribution is -0.138. The maximum atomic E-state index is 12.7. The largest absolute Gasteiger partial charge is 0.416 e. The molecule has 1 rings (SSSR count). The number of hydrogen-bond acceptors (Lipinski definition) is 1. The average Bonchev–Trinajstić information content (AvgIpc) is 2.19. The molecule has 0 saturated carbocycles. The summed E-state index contributed by atoms with van der Waals surface area (Å²) in [5, 5.41) is 8.90. The first-order chi connectivity index (χ1) is 7.34. The Hall–Kier alpha value is -0.740. The Labute approximate surface area is 96.9 Å². The molecule has 5 heteroatoms. The number of benzene rings is 1. The third-order valence-corrected chi connectivity index (χ3v) is 2.49. The highest BCUT2D eigenvalue weighted by atomic mass is 35.5. The zero-order chi connectivity index (χ0) is 12.3. The maximum absolute atomic E-state index is 12.7. The number of hydrogen-bond donors (Lipinski definition) is 1. The number of alkyl halides is 3. The van der Waals surface area contributed by atoms with Gasteiger partial charge in [0.25, 0.3) is 0 Å². The van der Waals surface area contributed by atoms with E-state index in [1.165, 1.54) is 12.1 Å². The number of aliphatic hydroxyl groups excluding tert-OH is 1. The molecule has 16 heavy (non-hydrogen) atoms. The van der Waals surface area contributed by atoms with Crippen LogP contribution in [0.25, 0.3) is 0 Å². The molecule has 1 atom stereocenters. The Balaban J connectivity index is 3.08. The summed E-state index contributed by atoms with van der Waals surface area (Å²) < 4.78 is 38.0. The monoisotopic (exact) mass is 252 g/mol. The molecule has 0 aliphatic heterocycles. The van der Waals surface area contributed by atoms with E-state index >= 15 is 0 Å². The molecule has 0 bridgehead atoms. The summed E-state index contributed by atoms with van der Waals surface area (Å²) >= 11 is 5.54. The van der Waals surface area contributed by atoms with Gasteiger partial charge in [0.15, 0.2) is 0 Å². The topological polar surface area (TPSA) is 20.2 Å². The summed E-state index contributed by atoms with van der Waals surface area (Å²) in [6.45, 7) is 1.55. The zero-order valence-electron chi connectivity index (χ0n) is 8.68. The lowest BCUT2D eigenvalue weighted by atomic mass is 9.97. The molecule has 1 N–H and O–H groups in total. The van der Waals surface area contributed by atoms with E-state index in [9.17, 15) is 13.2 Å². The van der Waals surface area contributed by atoms with Crippen LogP contribution in [0.15, 0.2) is 18.2 Å². The molecule has 0 spiro atoms. The van der Waals surface area contributed by atoms with Crippen LogP contribution >= 0.6 is 11.6 Å². The van der Waals surface area contributed by atoms with Crippen molar-refractivity contribution >= 4 is 11.6 Å². The Bertz CT molecular complexity index is 363. The predicted octanol–water partition coefficient (Wildman–Crippen LogP) is 3.53. The SMILES string of the molecule is CC(CO)Cc1ccc(Cl)cc1C(F)(F)F. The minimum atomic E-state index is -4.41. The second-order valence-electron chi connectivity index (χ2n) is 3.79. The molecule has 0 amide bonds. The summed E-state index contributed by atoms with van der Waals surface area (Å²) in [6, 6.07) is 3.70. The Kier molecular flexibility index (Phi) is 4.21. The normalized spacial score (nSPS) is 13.9. The van der Waals surface area contributed by atoms with Gasteiger partial charge in [-0.05, 0) is 30.0 Å². The lowest BCUT2D eigenvalue weighted by Crippen LogP contribution is -2.13. The lowest BCUT2D eigenvalue weighted by Gasteiger charge is -2.15. The van der Waals surface area contributed by atoms with Crippen LogP contribution in [-0.2, 0) is 12.6 Å². The third kappa shape index (κ3) is 3.39. The molecule has 0 heterocycles. The molecule has 90 valence electrons. The second kappa shape index (κ2) is 5.06. The molecule has 0 saturated heterocycles. The summed E-state index contributed by atoms with van der Waals surface area (Å²) in [5.74, 6) is -0.206. The van der Waals surface area contributed by atoms with Gasteiger partial charge in [0.05, 0.1) is 5.56 Å². The molecule has 0 fully saturated rings. The van der Waals surface area contributed by atoms with Gasteiger partial charge in [-0.1, -0.05) is 24.6 Å². The Morgan fingerprint density at radius 3 is 2.50 bits per heavy atom. The third-order valence-electron chi connectivity index (χ3n) is 2.26. The minimum Gasteiger partial charge on any atom is -0.396 e. The fourth-order valence-electron chi connectivity index (χ4n) is 1.43. The second-order valence-corrected chi connectivity index (χ2v) is 4.23. The number of halogens is 4. The molecule has 1 unspecified atom stereocenters. The summed E-state index contributed by atoms with van der Waals surface area (Å²) in [6.07, 6.45) is -4.22. The summed E-state index contributed by atoms with van der Waals surface area (Å²) in [5.41, 5.74) is -0.557. The van der Waals surface area contributed by atoms with Gasteiger partial charge in [-0.3, -0.25) is 0 Å². The molecule has 0 radical (unpaired) electrons. The number of aliphatic hydroxyl groups is 1. The van der Waals surface area contributed by atoms with Gasteiger partial charge in [-0.25, -0.2) is 0 Å². The first-order valence-electron chi connectivity index (χ1n) is 4.81. The van der Waals surface area contributed by atoms with Crippen LogP contribution in [-0.4, -0.2) is 11.7 Å². The predicted molar refractivity (Wildman–Crippen MR) is 56.4 cm³/mol. The van der Waals surface area contributed by atoms with Crippen LogP contribution in [0.1, 0.15) is 18.1 Å². The Morgan fingerprint density at radius 2 is 2.00 bits per heavy atom. The standard InChI is InChI=1S/C11H12ClF3O/c1-7(6-16)4-8-2-3-9(12)5-10(8)11(13,14)15/h2-3,5,7,16H,4,6H2,1H3. The van der Waals surface area contributed by atoms with Gasteiger partial charge in [0, 0.05) is 11.6 Å². The van der Waals surface area contributed by atoms with Crippen molar-refractivity contribution < 1.29 is 18.3 Å². The number of rotatable bonds is 3. The van der Waals surface area contributed by atoms with Gasteiger partial charge in [0.2, 0.25) is 0 Å². The highest BCUT2D eigenvalue weighted by molar-refractivity contribution is 6.30. The van der Waals surface area contributed by atoms with Crippen molar-refractivity contribution in [1.29, 1.82) is 0 Å². The fourth-order valence-corrected chi connectivity index (χ4v) is 1.60. The van der Waals surface area contributed by atoms with E-state index in [0.717, 1.165) is 6.07 Å². The van der Waals surface area contributed by atoms with Gasteiger partial charge in [-0.2, -0.15) is 13.2 Å². The first kappa shape index (κ1) is 13.3. The molecule has 0 aliphatic rings. The van der Waals surface area contributed by atoms with E-state index in [0.29, 0.717) is 0 Å². The van der Waals surface area contributed by atoms with Crippen LogP contribution in [0.4, 0.5) is 13.2 Å². The van der Waals surface area contributed by atoms with Crippen molar-refractivity contribution in [2.24, 2.45) is 5.92 Å². The van der Waals surface area contributed by atoms with Crippen LogP contribution in [0.2, 0.25) is 5.02 Å². The molecule has 1 aromatic rings. The van der Waals surface area contributed by atoms with E-state index in [1.54, 1.807) is 6.92 Å². The maximum Gasteiger partial charge on any atom is 0.416 e. The van der Waals surface area contributed by atoms with Crippen LogP contribution in [0, 0.1) is 5.92 Å². The van der Waals surface area contributed by atoms with E-state index < -0.39 is 11.7 Å². The minimum absolute atomic E-state index is 0.0627. The van der Waals surface area contributed by atoms with Crippen LogP contribution in [0.3, 0.4) is 0 Å². The van der Waals surface area contributed by atoms with Crippen molar-refractivity contribution in [1.82, 2.24) is 0 Å². The highest BCUT2D eigenvalue weighted by Gasteiger charge is 2.33. The zero-order valence-corrected chi connectivity index (χ0v) is 9.44. The van der Waals surface area contributed by atoms with Crippen molar-refractivity contribution in [3.05, 3.63) is 34.3 Å². The fraction of sp³-hybridized carbons (Fsp3) is 0.455. The summed E-state index contributed by atoms with van der Waals surface area (Å²) in [4.78, 5) is 0. The first-order valence-corrected chi connectivity index (χ1v) is 5.19. The quantitative estimate of drug-likeness (QED) is 0.873. The van der Waals surface area contributed by atoms with Gasteiger partial charge in [0.1, 0.15) is 0 Å². The van der Waals surface area contributed by atoms with E-state index in [2.05, 4.69) is 0 Å². The highest BCUT2D eigenvalue weighted by Crippen LogP contribution is 2.34. The molecular weight excluding hydrogens is 241 g/mol. The van der Waals surface area contributed by atoms with Crippen molar-refractivity contribution in [3.63, 3.8) is 0 Å². The van der Waals surface area contributed by atoms with E-state index in [-0.39, 0.29) is 29.5 Å². The van der Waals surface area contributed by atoms with Crippen molar-refractivity contribution in [2.45, 2.75) is 19.5 Å². The molecule has 0 aliphatic carbocycles. The van der Waals surface area contributed by atoms with Crippen molar-refractivity contribution in [3.8, 4) is 0 Å². The smallest absolute Gasteiger partial charge is 0.396 e. The summed E-state index contributed by atoms with van der Waals surface area (Å²) in [7, 11) is 0. The van der Waals surface area contributed by atoms with E-state index in [1.807, 2.05) is 0 Å². The Morgan fingerprint density at radius 1 is 1.38 bits per heavy atom. The van der Waals surface area contributed by atoms with Gasteiger partial charge >= 0.3 is 6.18 Å². The van der Waals surface area contributed by atoms with Crippen molar-refractivity contribution in [2.75, 3.05) is 6.61 Å². The van der Waals surface area contributed by atoms with Gasteiger partial charge < -0.3 is 5.11 Å². The van der Waals surface area contributed by atoms with Crippen LogP contribution < -0.4 is 0 Å². The average molecular weight is 253 g/mol. The molecular formula is C11H12ClF3O. The molecule has 0 aromatic heterocycles. The molecule has 1 nitrogen and oxygen atoms in total. The molecule has 1 aromatic carbocycles.